The number of hydrogen-bond acceptors (Lipinski definition) is 7. The Kier molecular flexibility index (Phi) is 10.2. The normalized spacial score (nSPS) is 16.6. The summed E-state index contributed by atoms with van der Waals surface area (Å²) in [6.07, 6.45) is 4.36. The minimum absolute atomic E-state index is 0.0637. The van der Waals surface area contributed by atoms with Crippen LogP contribution in [-0.2, 0) is 14.3 Å². The molecule has 3 aromatic rings. The van der Waals surface area contributed by atoms with Crippen molar-refractivity contribution in [2.24, 2.45) is 11.8 Å². The monoisotopic (exact) mass is 597 g/mol. The molecule has 0 saturated heterocycles. The Hall–Kier alpha value is -3.96. The van der Waals surface area contributed by atoms with E-state index in [4.69, 9.17) is 20.8 Å². The van der Waals surface area contributed by atoms with E-state index < -0.39 is 5.91 Å². The van der Waals surface area contributed by atoms with Crippen molar-refractivity contribution in [1.29, 1.82) is 0 Å². The molecule has 0 atom stereocenters. The van der Waals surface area contributed by atoms with Crippen molar-refractivity contribution in [3.8, 4) is 0 Å². The van der Waals surface area contributed by atoms with E-state index in [1.54, 1.807) is 68.4 Å². The minimum atomic E-state index is -0.624. The van der Waals surface area contributed by atoms with Gasteiger partial charge < -0.3 is 29.6 Å². The van der Waals surface area contributed by atoms with E-state index in [-0.39, 0.29) is 46.8 Å². The zero-order chi connectivity index (χ0) is 30.4. The molecule has 0 radical (unpaired) electrons. The van der Waals surface area contributed by atoms with Gasteiger partial charge in [0.1, 0.15) is 17.1 Å². The first kappa shape index (κ1) is 31.0. The molecule has 12 heteroatoms. The van der Waals surface area contributed by atoms with Crippen molar-refractivity contribution < 1.29 is 28.3 Å². The highest BCUT2D eigenvalue weighted by Crippen LogP contribution is 2.35. The fourth-order valence-electron chi connectivity index (χ4n) is 5.10. The number of hydrogen-bond donors (Lipinski definition) is 2. The predicted molar refractivity (Wildman–Crippen MR) is 160 cm³/mol. The molecule has 1 aromatic carbocycles. The van der Waals surface area contributed by atoms with Gasteiger partial charge >= 0.3 is 0 Å². The van der Waals surface area contributed by atoms with Crippen LogP contribution in [-0.4, -0.2) is 79.8 Å². The Labute approximate surface area is 249 Å². The first-order chi connectivity index (χ1) is 20.1. The molecule has 0 spiro atoms. The molecular formula is C30H36ClN5O6. The summed E-state index contributed by atoms with van der Waals surface area (Å²) >= 11 is 5.92. The Morgan fingerprint density at radius 1 is 1.02 bits per heavy atom. The Morgan fingerprint density at radius 3 is 2.38 bits per heavy atom. The van der Waals surface area contributed by atoms with E-state index >= 15 is 0 Å². The number of aromatic nitrogens is 1. The van der Waals surface area contributed by atoms with Crippen LogP contribution in [0.1, 0.15) is 53.0 Å². The molecule has 42 heavy (non-hydrogen) atoms. The molecule has 2 N–H and O–H groups in total. The highest BCUT2D eigenvalue weighted by molar-refractivity contribution is 6.30. The zero-order valence-electron chi connectivity index (χ0n) is 24.2. The Bertz CT molecular complexity index is 1450. The smallest absolute Gasteiger partial charge is 0.294 e. The van der Waals surface area contributed by atoms with Gasteiger partial charge in [-0.2, -0.15) is 0 Å². The van der Waals surface area contributed by atoms with E-state index in [2.05, 4.69) is 15.6 Å². The maximum absolute atomic E-state index is 13.5. The van der Waals surface area contributed by atoms with Crippen LogP contribution in [0.4, 0.5) is 11.5 Å². The summed E-state index contributed by atoms with van der Waals surface area (Å²) in [6, 6.07) is 7.98. The number of carbonyl (C=O) groups excluding carboxylic acids is 4. The average molecular weight is 598 g/mol. The second-order valence-corrected chi connectivity index (χ2v) is 11.1. The number of anilines is 2. The summed E-state index contributed by atoms with van der Waals surface area (Å²) < 4.78 is 11.0. The van der Waals surface area contributed by atoms with Gasteiger partial charge in [0.05, 0.1) is 5.02 Å². The van der Waals surface area contributed by atoms with Crippen molar-refractivity contribution in [2.45, 2.75) is 32.1 Å². The highest BCUT2D eigenvalue weighted by atomic mass is 35.5. The lowest BCUT2D eigenvalue weighted by Crippen LogP contribution is -2.35. The lowest BCUT2D eigenvalue weighted by molar-refractivity contribution is -0.135. The number of pyridine rings is 1. The van der Waals surface area contributed by atoms with Gasteiger partial charge in [-0.15, -0.1) is 0 Å². The van der Waals surface area contributed by atoms with E-state index in [0.717, 1.165) is 0 Å². The Morgan fingerprint density at radius 2 is 1.74 bits per heavy atom. The number of methoxy groups -OCH3 is 1. The number of halogens is 1. The molecule has 2 aromatic heterocycles. The third kappa shape index (κ3) is 7.27. The van der Waals surface area contributed by atoms with Gasteiger partial charge in [0.25, 0.3) is 11.8 Å². The molecule has 224 valence electrons. The second-order valence-electron chi connectivity index (χ2n) is 10.7. The van der Waals surface area contributed by atoms with Crippen molar-refractivity contribution >= 4 is 57.7 Å². The Balaban J connectivity index is 1.62. The SMILES string of the molecule is COCCCN(C)C(=O)c1ccc2oc(C(=O)Nc3ccc(Cl)cn3)c(NC(=O)C3CCC(C(=O)N(C)C)CC3)c2c1. The molecule has 4 rings (SSSR count). The van der Waals surface area contributed by atoms with Crippen LogP contribution in [0.25, 0.3) is 11.0 Å². The molecule has 11 nitrogen and oxygen atoms in total. The van der Waals surface area contributed by atoms with Gasteiger partial charge in [0, 0.05) is 70.4 Å². The number of amides is 4. The molecule has 1 fully saturated rings. The van der Waals surface area contributed by atoms with Crippen LogP contribution in [0.15, 0.2) is 40.9 Å². The van der Waals surface area contributed by atoms with Gasteiger partial charge in [-0.3, -0.25) is 19.2 Å². The summed E-state index contributed by atoms with van der Waals surface area (Å²) in [4.78, 5) is 59.6. The van der Waals surface area contributed by atoms with E-state index in [9.17, 15) is 19.2 Å². The van der Waals surface area contributed by atoms with Crippen LogP contribution in [0.2, 0.25) is 5.02 Å². The number of nitrogens with zero attached hydrogens (tertiary/aromatic N) is 3. The van der Waals surface area contributed by atoms with Crippen LogP contribution < -0.4 is 10.6 Å². The van der Waals surface area contributed by atoms with Crippen LogP contribution in [0.3, 0.4) is 0 Å². The van der Waals surface area contributed by atoms with Gasteiger partial charge in [-0.25, -0.2) is 4.98 Å². The molecule has 4 amide bonds. The zero-order valence-corrected chi connectivity index (χ0v) is 25.0. The van der Waals surface area contributed by atoms with E-state index in [1.807, 2.05) is 0 Å². The third-order valence-electron chi connectivity index (χ3n) is 7.44. The average Bonchev–Trinajstić information content (AvgIpc) is 3.35. The van der Waals surface area contributed by atoms with Crippen LogP contribution in [0, 0.1) is 11.8 Å². The summed E-state index contributed by atoms with van der Waals surface area (Å²) in [6.45, 7) is 1.03. The van der Waals surface area contributed by atoms with Crippen molar-refractivity contribution in [3.63, 3.8) is 0 Å². The van der Waals surface area contributed by atoms with Crippen molar-refractivity contribution in [3.05, 3.63) is 52.9 Å². The number of nitrogens with one attached hydrogen (secondary N) is 2. The molecule has 1 saturated carbocycles. The quantitative estimate of drug-likeness (QED) is 0.324. The topological polar surface area (TPSA) is 134 Å². The lowest BCUT2D eigenvalue weighted by atomic mass is 9.81. The maximum Gasteiger partial charge on any atom is 0.294 e. The fraction of sp³-hybridized carbons (Fsp3) is 0.433. The minimum Gasteiger partial charge on any atom is -0.449 e. The van der Waals surface area contributed by atoms with E-state index in [1.165, 1.54) is 6.20 Å². The van der Waals surface area contributed by atoms with Crippen LogP contribution >= 0.6 is 11.6 Å². The number of benzene rings is 1. The number of carbonyl (C=O) groups is 4. The molecule has 1 aliphatic rings. The highest BCUT2D eigenvalue weighted by Gasteiger charge is 2.32. The van der Waals surface area contributed by atoms with Gasteiger partial charge in [-0.1, -0.05) is 11.6 Å². The van der Waals surface area contributed by atoms with Crippen molar-refractivity contribution in [2.75, 3.05) is 52.0 Å². The van der Waals surface area contributed by atoms with Crippen LogP contribution in [0.5, 0.6) is 0 Å². The standard InChI is InChI=1S/C30H36ClN5O6/c1-35(2)29(39)19-8-6-18(7-9-19)27(37)34-25-22-16-20(30(40)36(3)14-5-15-41-4)10-12-23(22)42-26(25)28(38)33-24-13-11-21(31)17-32-24/h10-13,16-19H,5-9,14-15H2,1-4H3,(H,34,37)(H,32,33,38). The molecule has 1 aliphatic carbocycles. The van der Waals surface area contributed by atoms with Gasteiger partial charge in [-0.05, 0) is 62.4 Å². The predicted octanol–water partition coefficient (Wildman–Crippen LogP) is 4.68. The molecular weight excluding hydrogens is 562 g/mol. The number of fused-ring (bicyclic) bond motifs is 1. The summed E-state index contributed by atoms with van der Waals surface area (Å²) in [7, 11) is 6.77. The van der Waals surface area contributed by atoms with Gasteiger partial charge in [0.15, 0.2) is 0 Å². The maximum atomic E-state index is 13.5. The summed E-state index contributed by atoms with van der Waals surface area (Å²) in [5.41, 5.74) is 0.885. The van der Waals surface area contributed by atoms with Crippen molar-refractivity contribution in [1.82, 2.24) is 14.8 Å². The van der Waals surface area contributed by atoms with Gasteiger partial charge in [0.2, 0.25) is 17.6 Å². The molecule has 0 aliphatic heterocycles. The molecule has 0 bridgehead atoms. The summed E-state index contributed by atoms with van der Waals surface area (Å²) in [5.74, 6) is -1.38. The fourth-order valence-corrected chi connectivity index (χ4v) is 5.21. The number of rotatable bonds is 10. The molecule has 0 unspecified atom stereocenters. The van der Waals surface area contributed by atoms with E-state index in [0.29, 0.717) is 66.8 Å². The molecule has 2 heterocycles. The first-order valence-electron chi connectivity index (χ1n) is 13.8. The third-order valence-corrected chi connectivity index (χ3v) is 7.66. The number of furan rings is 1. The largest absolute Gasteiger partial charge is 0.449 e. The number of ether oxygens (including phenoxy) is 1. The lowest BCUT2D eigenvalue weighted by Gasteiger charge is -2.28. The first-order valence-corrected chi connectivity index (χ1v) is 14.2. The second kappa shape index (κ2) is 13.8. The summed E-state index contributed by atoms with van der Waals surface area (Å²) in [5, 5.41) is 6.42.